The van der Waals surface area contributed by atoms with Crippen LogP contribution < -0.4 is 5.73 Å². The molecule has 54 valence electrons. The summed E-state index contributed by atoms with van der Waals surface area (Å²) in [5.41, 5.74) is 5.12. The molecule has 0 aliphatic rings. The Morgan fingerprint density at radius 1 is 1.89 bits per heavy atom. The van der Waals surface area contributed by atoms with Crippen LogP contribution in [0.25, 0.3) is 0 Å². The third kappa shape index (κ3) is 3.03. The van der Waals surface area contributed by atoms with E-state index < -0.39 is 18.7 Å². The number of carbonyl (C=O) groups is 1. The second-order valence-electron chi connectivity index (χ2n) is 1.61. The highest BCUT2D eigenvalue weighted by atomic mass is 19.1. The molecular weight excluding hydrogens is 125 g/mol. The van der Waals surface area contributed by atoms with Crippen LogP contribution in [-0.2, 0) is 9.53 Å². The van der Waals surface area contributed by atoms with Gasteiger partial charge in [0.25, 0.3) is 0 Å². The monoisotopic (exact) mass is 135 g/mol. The molecule has 0 rings (SSSR count). The molecule has 0 radical (unpaired) electrons. The van der Waals surface area contributed by atoms with E-state index in [0.29, 0.717) is 0 Å². The van der Waals surface area contributed by atoms with E-state index in [1.165, 1.54) is 7.11 Å². The molecular formula is C5H10FNO2. The highest BCUT2D eigenvalue weighted by Crippen LogP contribution is 1.90. The van der Waals surface area contributed by atoms with Crippen LogP contribution in [0.1, 0.15) is 6.42 Å². The molecule has 0 spiro atoms. The number of halogens is 1. The van der Waals surface area contributed by atoms with Crippen molar-refractivity contribution in [3.05, 3.63) is 0 Å². The predicted octanol–water partition coefficient (Wildman–Crippen LogP) is -0.154. The quantitative estimate of drug-likeness (QED) is 0.547. The summed E-state index contributed by atoms with van der Waals surface area (Å²) in [5.74, 6) is -0.562. The van der Waals surface area contributed by atoms with Crippen molar-refractivity contribution in [1.29, 1.82) is 0 Å². The standard InChI is InChI=1S/C5H10FNO2/c1-9-5(8)4(7)2-3-6/h4H,2-3,7H2,1H3/t4-/m1/s1. The molecule has 0 aromatic heterocycles. The van der Waals surface area contributed by atoms with Gasteiger partial charge < -0.3 is 10.5 Å². The number of ether oxygens (including phenoxy) is 1. The van der Waals surface area contributed by atoms with E-state index in [4.69, 9.17) is 5.73 Å². The molecule has 0 aliphatic carbocycles. The molecule has 0 aliphatic heterocycles. The average Bonchev–Trinajstić information content (AvgIpc) is 1.87. The first-order valence-corrected chi connectivity index (χ1v) is 2.61. The Morgan fingerprint density at radius 2 is 2.44 bits per heavy atom. The number of esters is 1. The number of hydrogen-bond acceptors (Lipinski definition) is 3. The van der Waals surface area contributed by atoms with Crippen molar-refractivity contribution in [2.75, 3.05) is 13.8 Å². The molecule has 0 saturated heterocycles. The number of alkyl halides is 1. The third-order valence-corrected chi connectivity index (χ3v) is 0.924. The Labute approximate surface area is 53.0 Å². The van der Waals surface area contributed by atoms with E-state index in [2.05, 4.69) is 4.74 Å². The maximum Gasteiger partial charge on any atom is 0.322 e. The summed E-state index contributed by atoms with van der Waals surface area (Å²) in [4.78, 5) is 10.4. The van der Waals surface area contributed by atoms with Crippen molar-refractivity contribution in [1.82, 2.24) is 0 Å². The lowest BCUT2D eigenvalue weighted by atomic mass is 10.2. The van der Waals surface area contributed by atoms with Crippen LogP contribution >= 0.6 is 0 Å². The fraction of sp³-hybridized carbons (Fsp3) is 0.800. The third-order valence-electron chi connectivity index (χ3n) is 0.924. The van der Waals surface area contributed by atoms with Crippen LogP contribution in [0, 0.1) is 0 Å². The molecule has 0 fully saturated rings. The fourth-order valence-corrected chi connectivity index (χ4v) is 0.387. The molecule has 9 heavy (non-hydrogen) atoms. The Kier molecular flexibility index (Phi) is 3.96. The lowest BCUT2D eigenvalue weighted by molar-refractivity contribution is -0.142. The number of hydrogen-bond donors (Lipinski definition) is 1. The molecule has 4 heteroatoms. The second-order valence-corrected chi connectivity index (χ2v) is 1.61. The molecule has 0 aromatic rings. The molecule has 2 N–H and O–H groups in total. The van der Waals surface area contributed by atoms with E-state index in [9.17, 15) is 9.18 Å². The van der Waals surface area contributed by atoms with E-state index in [0.717, 1.165) is 0 Å². The highest BCUT2D eigenvalue weighted by Gasteiger charge is 2.11. The first kappa shape index (κ1) is 8.36. The molecule has 0 aromatic carbocycles. The predicted molar refractivity (Wildman–Crippen MR) is 30.6 cm³/mol. The Bertz CT molecular complexity index is 97.0. The van der Waals surface area contributed by atoms with Crippen molar-refractivity contribution in [3.8, 4) is 0 Å². The zero-order valence-electron chi connectivity index (χ0n) is 5.26. The maximum absolute atomic E-state index is 11.5. The van der Waals surface area contributed by atoms with Gasteiger partial charge in [-0.05, 0) is 0 Å². The van der Waals surface area contributed by atoms with Gasteiger partial charge in [-0.25, -0.2) is 0 Å². The van der Waals surface area contributed by atoms with E-state index in [1.54, 1.807) is 0 Å². The fourth-order valence-electron chi connectivity index (χ4n) is 0.387. The summed E-state index contributed by atoms with van der Waals surface area (Å²) in [6, 6.07) is -0.806. The van der Waals surface area contributed by atoms with Gasteiger partial charge in [0.05, 0.1) is 13.8 Å². The Balaban J connectivity index is 3.45. The average molecular weight is 135 g/mol. The van der Waals surface area contributed by atoms with Crippen LogP contribution in [-0.4, -0.2) is 25.8 Å². The van der Waals surface area contributed by atoms with Crippen LogP contribution in [0.4, 0.5) is 4.39 Å². The zero-order valence-corrected chi connectivity index (χ0v) is 5.26. The molecule has 0 amide bonds. The van der Waals surface area contributed by atoms with Crippen molar-refractivity contribution in [2.24, 2.45) is 5.73 Å². The largest absolute Gasteiger partial charge is 0.468 e. The van der Waals surface area contributed by atoms with Gasteiger partial charge in [-0.2, -0.15) is 0 Å². The molecule has 0 saturated carbocycles. The van der Waals surface area contributed by atoms with Crippen LogP contribution in [0.5, 0.6) is 0 Å². The van der Waals surface area contributed by atoms with Crippen molar-refractivity contribution in [2.45, 2.75) is 12.5 Å². The molecule has 0 bridgehead atoms. The van der Waals surface area contributed by atoms with Crippen LogP contribution in [0.3, 0.4) is 0 Å². The molecule has 0 unspecified atom stereocenters. The topological polar surface area (TPSA) is 52.3 Å². The van der Waals surface area contributed by atoms with Gasteiger partial charge in [0, 0.05) is 6.42 Å². The molecule has 3 nitrogen and oxygen atoms in total. The molecule has 0 heterocycles. The van der Waals surface area contributed by atoms with Crippen molar-refractivity contribution < 1.29 is 13.9 Å². The van der Waals surface area contributed by atoms with Gasteiger partial charge in [0.2, 0.25) is 0 Å². The summed E-state index contributed by atoms with van der Waals surface area (Å²) >= 11 is 0. The summed E-state index contributed by atoms with van der Waals surface area (Å²) in [7, 11) is 1.22. The number of nitrogens with two attached hydrogens (primary N) is 1. The first-order valence-electron chi connectivity index (χ1n) is 2.61. The zero-order chi connectivity index (χ0) is 7.28. The van der Waals surface area contributed by atoms with Gasteiger partial charge in [0.15, 0.2) is 0 Å². The number of methoxy groups -OCH3 is 1. The summed E-state index contributed by atoms with van der Waals surface area (Å²) in [5, 5.41) is 0. The van der Waals surface area contributed by atoms with Gasteiger partial charge in [-0.3, -0.25) is 9.18 Å². The summed E-state index contributed by atoms with van der Waals surface area (Å²) in [6.45, 7) is -0.587. The number of carbonyl (C=O) groups excluding carboxylic acids is 1. The summed E-state index contributed by atoms with van der Waals surface area (Å²) < 4.78 is 15.7. The van der Waals surface area contributed by atoms with Crippen molar-refractivity contribution >= 4 is 5.97 Å². The van der Waals surface area contributed by atoms with Crippen LogP contribution in [0.15, 0.2) is 0 Å². The van der Waals surface area contributed by atoms with E-state index in [-0.39, 0.29) is 6.42 Å². The normalized spacial score (nSPS) is 12.8. The smallest absolute Gasteiger partial charge is 0.322 e. The van der Waals surface area contributed by atoms with Crippen LogP contribution in [0.2, 0.25) is 0 Å². The minimum atomic E-state index is -0.806. The van der Waals surface area contributed by atoms with E-state index in [1.807, 2.05) is 0 Å². The second kappa shape index (κ2) is 4.26. The lowest BCUT2D eigenvalue weighted by Gasteiger charge is -2.04. The number of rotatable bonds is 3. The van der Waals surface area contributed by atoms with E-state index >= 15 is 0 Å². The first-order chi connectivity index (χ1) is 4.22. The van der Waals surface area contributed by atoms with Gasteiger partial charge in [-0.1, -0.05) is 0 Å². The summed E-state index contributed by atoms with van der Waals surface area (Å²) in [6.07, 6.45) is 0.0344. The Morgan fingerprint density at radius 3 is 2.78 bits per heavy atom. The van der Waals surface area contributed by atoms with Crippen molar-refractivity contribution in [3.63, 3.8) is 0 Å². The SMILES string of the molecule is COC(=O)[C@H](N)CCF. The Hall–Kier alpha value is -0.640. The lowest BCUT2D eigenvalue weighted by Crippen LogP contribution is -2.31. The van der Waals surface area contributed by atoms with Gasteiger partial charge in [-0.15, -0.1) is 0 Å². The molecule has 1 atom stereocenters. The van der Waals surface area contributed by atoms with Gasteiger partial charge in [0.1, 0.15) is 6.04 Å². The minimum Gasteiger partial charge on any atom is -0.468 e. The minimum absolute atomic E-state index is 0.0344. The highest BCUT2D eigenvalue weighted by molar-refractivity contribution is 5.75. The maximum atomic E-state index is 11.5. The van der Waals surface area contributed by atoms with Gasteiger partial charge >= 0.3 is 5.97 Å².